The van der Waals surface area contributed by atoms with E-state index in [2.05, 4.69) is 10.6 Å². The fourth-order valence-electron chi connectivity index (χ4n) is 3.37. The zero-order chi connectivity index (χ0) is 19.5. The van der Waals surface area contributed by atoms with Gasteiger partial charge in [0.05, 0.1) is 0 Å². The Labute approximate surface area is 160 Å². The SMILES string of the molecule is NCCCCCCC(=O)N1CCCC(CNC(=O)Nc2cccc(F)c2)C1. The summed E-state index contributed by atoms with van der Waals surface area (Å²) < 4.78 is 13.1. The Hall–Kier alpha value is -2.15. The Kier molecular flexibility index (Phi) is 9.04. The summed E-state index contributed by atoms with van der Waals surface area (Å²) in [4.78, 5) is 26.2. The lowest BCUT2D eigenvalue weighted by molar-refractivity contribution is -0.133. The van der Waals surface area contributed by atoms with Gasteiger partial charge in [-0.1, -0.05) is 18.9 Å². The van der Waals surface area contributed by atoms with E-state index in [0.29, 0.717) is 31.7 Å². The van der Waals surface area contributed by atoms with E-state index in [4.69, 9.17) is 5.73 Å². The number of anilines is 1. The third-order valence-electron chi connectivity index (χ3n) is 4.85. The van der Waals surface area contributed by atoms with Gasteiger partial charge in [0.25, 0.3) is 0 Å². The highest BCUT2D eigenvalue weighted by atomic mass is 19.1. The average molecular weight is 378 g/mol. The van der Waals surface area contributed by atoms with E-state index in [1.54, 1.807) is 12.1 Å². The third-order valence-corrected chi connectivity index (χ3v) is 4.85. The van der Waals surface area contributed by atoms with Crippen molar-refractivity contribution < 1.29 is 14.0 Å². The van der Waals surface area contributed by atoms with Crippen molar-refractivity contribution in [3.05, 3.63) is 30.1 Å². The second-order valence-electron chi connectivity index (χ2n) is 7.15. The van der Waals surface area contributed by atoms with Crippen molar-refractivity contribution in [3.63, 3.8) is 0 Å². The van der Waals surface area contributed by atoms with Gasteiger partial charge in [-0.05, 0) is 56.3 Å². The maximum Gasteiger partial charge on any atom is 0.319 e. The number of likely N-dealkylation sites (tertiary alicyclic amines) is 1. The summed E-state index contributed by atoms with van der Waals surface area (Å²) >= 11 is 0. The van der Waals surface area contributed by atoms with Gasteiger partial charge in [-0.25, -0.2) is 9.18 Å². The molecule has 0 saturated carbocycles. The molecule has 0 aliphatic carbocycles. The van der Waals surface area contributed by atoms with E-state index in [0.717, 1.165) is 45.1 Å². The smallest absolute Gasteiger partial charge is 0.319 e. The molecule has 3 amide bonds. The topological polar surface area (TPSA) is 87.5 Å². The summed E-state index contributed by atoms with van der Waals surface area (Å²) in [7, 11) is 0. The molecule has 0 bridgehead atoms. The van der Waals surface area contributed by atoms with Crippen LogP contribution in [0.2, 0.25) is 0 Å². The number of carbonyl (C=O) groups excluding carboxylic acids is 2. The number of piperidine rings is 1. The molecule has 1 atom stereocenters. The lowest BCUT2D eigenvalue weighted by atomic mass is 9.97. The minimum atomic E-state index is -0.391. The van der Waals surface area contributed by atoms with Crippen molar-refractivity contribution in [1.82, 2.24) is 10.2 Å². The van der Waals surface area contributed by atoms with Crippen LogP contribution in [-0.2, 0) is 4.79 Å². The van der Waals surface area contributed by atoms with Crippen LogP contribution < -0.4 is 16.4 Å². The Morgan fingerprint density at radius 3 is 2.81 bits per heavy atom. The van der Waals surface area contributed by atoms with Gasteiger partial charge in [-0.2, -0.15) is 0 Å². The minimum Gasteiger partial charge on any atom is -0.342 e. The fraction of sp³-hybridized carbons (Fsp3) is 0.600. The number of rotatable bonds is 9. The number of hydrogen-bond acceptors (Lipinski definition) is 3. The van der Waals surface area contributed by atoms with Crippen molar-refractivity contribution in [3.8, 4) is 0 Å². The monoisotopic (exact) mass is 378 g/mol. The van der Waals surface area contributed by atoms with Gasteiger partial charge in [0, 0.05) is 31.7 Å². The first-order chi connectivity index (χ1) is 13.1. The van der Waals surface area contributed by atoms with Crippen LogP contribution in [-0.4, -0.2) is 43.0 Å². The number of hydrogen-bond donors (Lipinski definition) is 3. The number of benzene rings is 1. The normalized spacial score (nSPS) is 16.8. The Morgan fingerprint density at radius 1 is 1.22 bits per heavy atom. The largest absolute Gasteiger partial charge is 0.342 e. The number of halogens is 1. The Bertz CT molecular complexity index is 611. The van der Waals surface area contributed by atoms with Crippen LogP contribution in [0, 0.1) is 11.7 Å². The molecule has 0 spiro atoms. The van der Waals surface area contributed by atoms with E-state index in [1.165, 1.54) is 12.1 Å². The number of amides is 3. The van der Waals surface area contributed by atoms with E-state index in [1.807, 2.05) is 4.90 Å². The highest BCUT2D eigenvalue weighted by molar-refractivity contribution is 5.89. The summed E-state index contributed by atoms with van der Waals surface area (Å²) in [5.74, 6) is 0.0622. The maximum atomic E-state index is 13.1. The van der Waals surface area contributed by atoms with Crippen molar-refractivity contribution in [2.75, 3.05) is 31.5 Å². The van der Waals surface area contributed by atoms with Crippen molar-refractivity contribution in [1.29, 1.82) is 0 Å². The molecule has 6 nitrogen and oxygen atoms in total. The van der Waals surface area contributed by atoms with Crippen LogP contribution in [0.5, 0.6) is 0 Å². The number of carbonyl (C=O) groups is 2. The number of nitrogens with one attached hydrogen (secondary N) is 2. The van der Waals surface area contributed by atoms with Gasteiger partial charge < -0.3 is 21.3 Å². The Balaban J connectivity index is 1.67. The fourth-order valence-corrected chi connectivity index (χ4v) is 3.37. The molecule has 1 aromatic rings. The van der Waals surface area contributed by atoms with Gasteiger partial charge in [0.15, 0.2) is 0 Å². The first kappa shape index (κ1) is 21.2. The summed E-state index contributed by atoms with van der Waals surface area (Å²) in [6.07, 6.45) is 6.58. The molecule has 150 valence electrons. The average Bonchev–Trinajstić information content (AvgIpc) is 2.66. The van der Waals surface area contributed by atoms with Gasteiger partial charge in [0.2, 0.25) is 5.91 Å². The molecule has 0 aromatic heterocycles. The first-order valence-electron chi connectivity index (χ1n) is 9.86. The van der Waals surface area contributed by atoms with Crippen LogP contribution in [0.1, 0.15) is 44.9 Å². The number of urea groups is 1. The molecular formula is C20H31FN4O2. The Morgan fingerprint density at radius 2 is 2.04 bits per heavy atom. The molecule has 27 heavy (non-hydrogen) atoms. The van der Waals surface area contributed by atoms with Crippen LogP contribution in [0.4, 0.5) is 14.9 Å². The number of nitrogens with two attached hydrogens (primary N) is 1. The van der Waals surface area contributed by atoms with Gasteiger partial charge >= 0.3 is 6.03 Å². The molecule has 2 rings (SSSR count). The van der Waals surface area contributed by atoms with Crippen LogP contribution in [0.25, 0.3) is 0 Å². The molecule has 0 radical (unpaired) electrons. The lowest BCUT2D eigenvalue weighted by Gasteiger charge is -2.33. The summed E-state index contributed by atoms with van der Waals surface area (Å²) in [6, 6.07) is 5.43. The van der Waals surface area contributed by atoms with Crippen molar-refractivity contribution >= 4 is 17.6 Å². The highest BCUT2D eigenvalue weighted by Crippen LogP contribution is 2.18. The molecule has 1 fully saturated rings. The highest BCUT2D eigenvalue weighted by Gasteiger charge is 2.23. The first-order valence-corrected chi connectivity index (χ1v) is 9.86. The van der Waals surface area contributed by atoms with Gasteiger partial charge in [-0.3, -0.25) is 4.79 Å². The predicted molar refractivity (Wildman–Crippen MR) is 105 cm³/mol. The second kappa shape index (κ2) is 11.5. The van der Waals surface area contributed by atoms with Crippen molar-refractivity contribution in [2.24, 2.45) is 11.7 Å². The zero-order valence-electron chi connectivity index (χ0n) is 15.9. The summed E-state index contributed by atoms with van der Waals surface area (Å²) in [5, 5.41) is 5.45. The van der Waals surface area contributed by atoms with Gasteiger partial charge in [0.1, 0.15) is 5.82 Å². The third kappa shape index (κ3) is 7.95. The molecule has 1 aromatic carbocycles. The van der Waals surface area contributed by atoms with E-state index in [-0.39, 0.29) is 17.9 Å². The van der Waals surface area contributed by atoms with Crippen molar-refractivity contribution in [2.45, 2.75) is 44.9 Å². The molecular weight excluding hydrogens is 347 g/mol. The predicted octanol–water partition coefficient (Wildman–Crippen LogP) is 3.10. The van der Waals surface area contributed by atoms with E-state index < -0.39 is 5.82 Å². The molecule has 1 unspecified atom stereocenters. The van der Waals surface area contributed by atoms with Gasteiger partial charge in [-0.15, -0.1) is 0 Å². The second-order valence-corrected chi connectivity index (χ2v) is 7.15. The van der Waals surface area contributed by atoms with Crippen LogP contribution in [0.3, 0.4) is 0 Å². The number of nitrogens with zero attached hydrogens (tertiary/aromatic N) is 1. The molecule has 7 heteroatoms. The van der Waals surface area contributed by atoms with Crippen LogP contribution >= 0.6 is 0 Å². The summed E-state index contributed by atoms with van der Waals surface area (Å²) in [6.45, 7) is 2.69. The standard InChI is InChI=1S/C20H31FN4O2/c21-17-8-5-9-18(13-17)24-20(27)23-14-16-7-6-12-25(15-16)19(26)10-3-1-2-4-11-22/h5,8-9,13,16H,1-4,6-7,10-12,14-15,22H2,(H2,23,24,27). The molecule has 1 aliphatic heterocycles. The van der Waals surface area contributed by atoms with E-state index in [9.17, 15) is 14.0 Å². The summed E-state index contributed by atoms with van der Waals surface area (Å²) in [5.41, 5.74) is 5.89. The maximum absolute atomic E-state index is 13.1. The minimum absolute atomic E-state index is 0.205. The van der Waals surface area contributed by atoms with Crippen LogP contribution in [0.15, 0.2) is 24.3 Å². The molecule has 1 aliphatic rings. The molecule has 1 saturated heterocycles. The zero-order valence-corrected chi connectivity index (χ0v) is 15.9. The quantitative estimate of drug-likeness (QED) is 0.577. The molecule has 1 heterocycles. The van der Waals surface area contributed by atoms with E-state index >= 15 is 0 Å². The number of unbranched alkanes of at least 4 members (excludes halogenated alkanes) is 3. The molecule has 4 N–H and O–H groups in total. The lowest BCUT2D eigenvalue weighted by Crippen LogP contribution is -2.44.